The van der Waals surface area contributed by atoms with E-state index in [1.54, 1.807) is 7.11 Å². The molecular weight excluding hydrogens is 283 g/mol. The van der Waals surface area contributed by atoms with Gasteiger partial charge in [0.15, 0.2) is 0 Å². The molecule has 0 atom stereocenters. The Morgan fingerprint density at radius 2 is 1.79 bits per heavy atom. The van der Waals surface area contributed by atoms with Gasteiger partial charge in [0.1, 0.15) is 0 Å². The van der Waals surface area contributed by atoms with Gasteiger partial charge in [-0.25, -0.2) is 0 Å². The van der Waals surface area contributed by atoms with Gasteiger partial charge in [-0.2, -0.15) is 0 Å². The molecule has 1 aromatic carbocycles. The Labute approximate surface area is 90.1 Å². The molecule has 0 aliphatic rings. The van der Waals surface area contributed by atoms with Crippen LogP contribution in [0.3, 0.4) is 0 Å². The average Bonchev–Trinajstić information content (AvgIpc) is 2.14. The quantitative estimate of drug-likeness (QED) is 0.627. The molecule has 78 valence electrons. The fourth-order valence-corrected chi connectivity index (χ4v) is 5.59. The molecule has 2 nitrogen and oxygen atoms in total. The van der Waals surface area contributed by atoms with Gasteiger partial charge in [0.25, 0.3) is 0 Å². The summed E-state index contributed by atoms with van der Waals surface area (Å²) in [5.41, 5.74) is 0. The van der Waals surface area contributed by atoms with Crippen molar-refractivity contribution < 1.29 is 9.47 Å². The van der Waals surface area contributed by atoms with Crippen molar-refractivity contribution in [3.63, 3.8) is 0 Å². The monoisotopic (exact) mass is 302 g/mol. The minimum atomic E-state index is -2.03. The van der Waals surface area contributed by atoms with Gasteiger partial charge in [0, 0.05) is 0 Å². The van der Waals surface area contributed by atoms with Gasteiger partial charge >= 0.3 is 90.2 Å². The van der Waals surface area contributed by atoms with Crippen LogP contribution in [-0.4, -0.2) is 32.3 Å². The number of rotatable bonds is 4. The van der Waals surface area contributed by atoms with E-state index < -0.39 is 18.4 Å². The summed E-state index contributed by atoms with van der Waals surface area (Å²) in [5.74, 6) is 0.998. The summed E-state index contributed by atoms with van der Waals surface area (Å²) in [6.45, 7) is 0.332. The Balaban J connectivity index is 2.92. The van der Waals surface area contributed by atoms with Crippen LogP contribution in [0.15, 0.2) is 24.3 Å². The Bertz CT molecular complexity index is 292. The van der Waals surface area contributed by atoms with E-state index in [-0.39, 0.29) is 0 Å². The van der Waals surface area contributed by atoms with Crippen molar-refractivity contribution in [3.8, 4) is 5.75 Å². The first kappa shape index (κ1) is 11.9. The maximum absolute atomic E-state index is 5.54. The third kappa shape index (κ3) is 3.17. The molecule has 3 heteroatoms. The summed E-state index contributed by atoms with van der Waals surface area (Å²) in [6.07, 6.45) is 0. The van der Waals surface area contributed by atoms with Gasteiger partial charge in [0.2, 0.25) is 0 Å². The Kier molecular flexibility index (Phi) is 4.26. The molecule has 0 bridgehead atoms. The predicted molar refractivity (Wildman–Crippen MR) is 61.9 cm³/mol. The number of para-hydroxylation sites is 1. The van der Waals surface area contributed by atoms with Crippen LogP contribution in [0.5, 0.6) is 5.75 Å². The van der Waals surface area contributed by atoms with E-state index in [1.165, 1.54) is 3.58 Å². The Morgan fingerprint density at radius 1 is 1.14 bits per heavy atom. The van der Waals surface area contributed by atoms with Crippen LogP contribution in [0.25, 0.3) is 0 Å². The molecule has 0 aliphatic carbocycles. The van der Waals surface area contributed by atoms with Crippen molar-refractivity contribution in [3.05, 3.63) is 24.3 Å². The number of benzene rings is 1. The van der Waals surface area contributed by atoms with Gasteiger partial charge in [0.05, 0.1) is 0 Å². The minimum absolute atomic E-state index is 0.332. The van der Waals surface area contributed by atoms with Crippen molar-refractivity contribution >= 4 is 22.0 Å². The molecule has 0 saturated carbocycles. The molecule has 1 aromatic rings. The molecule has 0 amide bonds. The second kappa shape index (κ2) is 5.03. The van der Waals surface area contributed by atoms with Crippen LogP contribution in [0.4, 0.5) is 0 Å². The van der Waals surface area contributed by atoms with Crippen LogP contribution in [0.1, 0.15) is 0 Å². The van der Waals surface area contributed by atoms with Crippen molar-refractivity contribution in [1.82, 2.24) is 0 Å². The molecular formula is C11H18O2Sn. The number of ether oxygens (including phenoxy) is 2. The van der Waals surface area contributed by atoms with E-state index in [1.807, 2.05) is 12.1 Å². The number of methoxy groups -OCH3 is 1. The Hall–Kier alpha value is -0.221. The zero-order chi connectivity index (χ0) is 10.6. The first-order valence-electron chi connectivity index (χ1n) is 4.77. The summed E-state index contributed by atoms with van der Waals surface area (Å²) >= 11 is -2.03. The van der Waals surface area contributed by atoms with E-state index in [2.05, 4.69) is 27.0 Å². The Morgan fingerprint density at radius 3 is 2.36 bits per heavy atom. The second-order valence-corrected chi connectivity index (χ2v) is 18.7. The van der Waals surface area contributed by atoms with E-state index in [0.29, 0.717) is 6.79 Å². The van der Waals surface area contributed by atoms with Crippen molar-refractivity contribution in [1.29, 1.82) is 0 Å². The van der Waals surface area contributed by atoms with Gasteiger partial charge in [-0.3, -0.25) is 0 Å². The van der Waals surface area contributed by atoms with Crippen molar-refractivity contribution in [2.24, 2.45) is 0 Å². The fraction of sp³-hybridized carbons (Fsp3) is 0.455. The molecule has 0 aromatic heterocycles. The second-order valence-electron chi connectivity index (χ2n) is 4.30. The molecule has 0 spiro atoms. The van der Waals surface area contributed by atoms with E-state index in [9.17, 15) is 0 Å². The van der Waals surface area contributed by atoms with Crippen LogP contribution in [0.2, 0.25) is 14.8 Å². The normalized spacial score (nSPS) is 11.4. The van der Waals surface area contributed by atoms with Crippen LogP contribution in [-0.2, 0) is 4.74 Å². The standard InChI is InChI=1S/C8H9O2.3CH3.Sn/c1-9-7-10-8-5-3-2-4-6-8;;;;/h2-5H,7H2,1H3;3*1H3;. The molecule has 0 aliphatic heterocycles. The third-order valence-corrected chi connectivity index (χ3v) is 7.82. The van der Waals surface area contributed by atoms with Gasteiger partial charge in [-0.15, -0.1) is 0 Å². The molecule has 14 heavy (non-hydrogen) atoms. The first-order chi connectivity index (χ1) is 6.55. The molecule has 0 unspecified atom stereocenters. The summed E-state index contributed by atoms with van der Waals surface area (Å²) in [7, 11) is 1.64. The zero-order valence-electron chi connectivity index (χ0n) is 9.33. The predicted octanol–water partition coefficient (Wildman–Crippen LogP) is 2.21. The van der Waals surface area contributed by atoms with Gasteiger partial charge < -0.3 is 0 Å². The molecule has 1 rings (SSSR count). The van der Waals surface area contributed by atoms with E-state index in [4.69, 9.17) is 9.47 Å². The van der Waals surface area contributed by atoms with Gasteiger partial charge in [-0.05, 0) is 0 Å². The van der Waals surface area contributed by atoms with E-state index >= 15 is 0 Å². The number of hydrogen-bond acceptors (Lipinski definition) is 2. The summed E-state index contributed by atoms with van der Waals surface area (Å²) in [6, 6.07) is 8.29. The SMILES string of the molecule is COCOc1cccc[c]1[Sn]([CH3])([CH3])[CH3]. The van der Waals surface area contributed by atoms with Crippen LogP contribution in [0, 0.1) is 0 Å². The molecule has 0 radical (unpaired) electrons. The zero-order valence-corrected chi connectivity index (χ0v) is 12.2. The van der Waals surface area contributed by atoms with Gasteiger partial charge in [-0.1, -0.05) is 0 Å². The van der Waals surface area contributed by atoms with Crippen LogP contribution >= 0.6 is 0 Å². The summed E-state index contributed by atoms with van der Waals surface area (Å²) in [5, 5.41) is 0. The van der Waals surface area contributed by atoms with Crippen LogP contribution < -0.4 is 8.32 Å². The molecule has 0 heterocycles. The number of hydrogen-bond donors (Lipinski definition) is 0. The van der Waals surface area contributed by atoms with Crippen molar-refractivity contribution in [2.75, 3.05) is 13.9 Å². The first-order valence-corrected chi connectivity index (χ1v) is 14.8. The summed E-state index contributed by atoms with van der Waals surface area (Å²) < 4.78 is 11.9. The fourth-order valence-electron chi connectivity index (χ4n) is 1.33. The van der Waals surface area contributed by atoms with E-state index in [0.717, 1.165) is 5.75 Å². The van der Waals surface area contributed by atoms with Crippen molar-refractivity contribution in [2.45, 2.75) is 14.8 Å². The average molecular weight is 301 g/mol. The molecule has 0 N–H and O–H groups in total. The summed E-state index contributed by atoms with van der Waals surface area (Å²) in [4.78, 5) is 7.14. The molecule has 0 saturated heterocycles. The molecule has 0 fully saturated rings. The third-order valence-electron chi connectivity index (χ3n) is 2.03. The topological polar surface area (TPSA) is 18.5 Å². The maximum atomic E-state index is 5.54.